The Morgan fingerprint density at radius 3 is 1.55 bits per heavy atom. The number of aromatic amines is 3. The van der Waals surface area contributed by atoms with Gasteiger partial charge in [-0.1, -0.05) is 76.0 Å². The van der Waals surface area contributed by atoms with E-state index in [9.17, 15) is 31.8 Å². The standard InChI is InChI=1S/C15H21ClN4O2S.C14H19ClN4O3S.C12H12ClN3O.C12H13ClN2O2.C12H13ClN2O/c1-15(2)9-19(4-5-20(15)23(3,21)22)13-7-10(16)6-11-12(13)8-18-14(11)17;1-14(2)8-18(4-5-19(14)23(3,20)21)11-7-9(15)6-10-12(11)22-17-13(10)16;13-8-4-11-10(6-14-15-11)12(5-8)16-3-1-2-9(17)7-16;13-8-5-10(9-7-14-15-11(9)6-8)12(16)1-3-17-4-2-12;13-8-5-10(12(16)3-1-2-4-12)9-7-14-15-11(9)6-8/h6-7H,4-5,8-9H2,1-3H3,(H2,17,18);6-7H,4-5,8H2,1-3H3,(H2,16,17);4-6H,1-3,7H2,(H,14,15);5-7,16H,1-4H2,(H,14,15);5-7,16H,1-4H2,(H,14,15). The molecule has 4 saturated heterocycles. The van der Waals surface area contributed by atoms with E-state index in [0.717, 1.165) is 111 Å². The van der Waals surface area contributed by atoms with Crippen molar-refractivity contribution in [3.63, 3.8) is 0 Å². The third kappa shape index (κ3) is 15.3. The second kappa shape index (κ2) is 28.0. The van der Waals surface area contributed by atoms with Gasteiger partial charge >= 0.3 is 0 Å². The van der Waals surface area contributed by atoms with Crippen molar-refractivity contribution < 1.29 is 41.1 Å². The first kappa shape index (κ1) is 70.8. The van der Waals surface area contributed by atoms with Crippen molar-refractivity contribution in [2.75, 3.05) is 98.5 Å². The second-order valence-electron chi connectivity index (χ2n) is 26.4. The number of fused-ring (bicyclic) bond motifs is 5. The van der Waals surface area contributed by atoms with Gasteiger partial charge in [0.15, 0.2) is 17.2 Å². The molecule has 5 aliphatic heterocycles. The number of sulfonamides is 2. The van der Waals surface area contributed by atoms with Crippen molar-refractivity contribution in [2.24, 2.45) is 10.7 Å². The summed E-state index contributed by atoms with van der Waals surface area (Å²) in [5.74, 6) is 1.09. The number of carbonyl (C=O) groups is 1. The number of aliphatic imine (C=N–C) groups is 1. The summed E-state index contributed by atoms with van der Waals surface area (Å²) in [4.78, 5) is 22.1. The van der Waals surface area contributed by atoms with Gasteiger partial charge in [-0.2, -0.15) is 23.9 Å². The molecule has 96 heavy (non-hydrogen) atoms. The number of anilines is 4. The lowest BCUT2D eigenvalue weighted by molar-refractivity contribution is -0.118. The fraction of sp³-hybridized carbons (Fsp3) is 0.446. The van der Waals surface area contributed by atoms with Gasteiger partial charge in [0.1, 0.15) is 5.84 Å². The summed E-state index contributed by atoms with van der Waals surface area (Å²) in [6.45, 7) is 13.8. The fourth-order valence-corrected chi connectivity index (χ4v) is 17.8. The highest BCUT2D eigenvalue weighted by atomic mass is 35.5. The maximum atomic E-state index is 12.0. The predicted molar refractivity (Wildman–Crippen MR) is 381 cm³/mol. The first-order valence-corrected chi connectivity index (χ1v) is 37.0. The normalized spacial score (nSPS) is 19.4. The molecule has 15 rings (SSSR count). The summed E-state index contributed by atoms with van der Waals surface area (Å²) >= 11 is 30.6. The van der Waals surface area contributed by atoms with Gasteiger partial charge in [-0.3, -0.25) is 25.1 Å². The molecule has 31 heteroatoms. The number of benzene rings is 5. The van der Waals surface area contributed by atoms with E-state index in [0.29, 0.717) is 127 Å². The number of piperidine rings is 1. The van der Waals surface area contributed by atoms with E-state index in [1.165, 1.54) is 16.8 Å². The predicted octanol–water partition coefficient (Wildman–Crippen LogP) is 10.9. The number of aromatic nitrogens is 7. The smallest absolute Gasteiger partial charge is 0.211 e. The molecule has 1 saturated carbocycles. The number of nitrogens with zero attached hydrogens (tertiary/aromatic N) is 10. The number of ketones is 1. The molecule has 1 aliphatic carbocycles. The third-order valence-corrected chi connectivity index (χ3v) is 22.5. The first-order valence-electron chi connectivity index (χ1n) is 31.4. The summed E-state index contributed by atoms with van der Waals surface area (Å²) in [6.07, 6.45) is 14.3. The van der Waals surface area contributed by atoms with Crippen LogP contribution in [0.1, 0.15) is 101 Å². The van der Waals surface area contributed by atoms with Crippen LogP contribution in [0, 0.1) is 0 Å². The van der Waals surface area contributed by atoms with Crippen LogP contribution in [-0.4, -0.2) is 172 Å². The summed E-state index contributed by atoms with van der Waals surface area (Å²) in [7, 11) is -6.49. The van der Waals surface area contributed by atoms with Crippen LogP contribution in [0.3, 0.4) is 0 Å². The zero-order chi connectivity index (χ0) is 68.9. The zero-order valence-corrected chi connectivity index (χ0v) is 59.4. The number of nitrogens with one attached hydrogen (secondary N) is 3. The van der Waals surface area contributed by atoms with Crippen LogP contribution in [0.25, 0.3) is 43.7 Å². The highest BCUT2D eigenvalue weighted by molar-refractivity contribution is 7.88. The minimum Gasteiger partial charge on any atom is -0.385 e. The number of H-pyrrole nitrogens is 3. The minimum absolute atomic E-state index is 0.285. The molecule has 4 aromatic heterocycles. The average molecular weight is 1450 g/mol. The van der Waals surface area contributed by atoms with Crippen molar-refractivity contribution >= 4 is 156 Å². The minimum atomic E-state index is -3.26. The molecule has 0 spiro atoms. The number of nitrogens with two attached hydrogens (primary N) is 2. The Kier molecular flexibility index (Phi) is 20.6. The summed E-state index contributed by atoms with van der Waals surface area (Å²) in [6, 6.07) is 18.4. The number of amidine groups is 1. The summed E-state index contributed by atoms with van der Waals surface area (Å²) in [5.41, 5.74) is 18.8. The zero-order valence-electron chi connectivity index (χ0n) is 54.0. The molecule has 0 amide bonds. The lowest BCUT2D eigenvalue weighted by Gasteiger charge is -2.46. The SMILES string of the molecule is CC1(C)CN(c2cc(Cl)cc3c(N)noc23)CCN1S(C)(=O)=O.CC1(C)CN(c2cc(Cl)cc3c2CN=C3N)CCN1S(C)(=O)=O.O=C1CCCN(c2cc(Cl)cc3[nH]ncc23)C1.OC1(c2cc(Cl)cc3[nH]ncc23)CCCC1.OC1(c2cc(Cl)cc3[nH]ncc23)CCOCC1. The second-order valence-corrected chi connectivity index (χ2v) is 32.4. The third-order valence-electron chi connectivity index (χ3n) is 18.4. The maximum absolute atomic E-state index is 12.0. The molecular formula is C65H78Cl5N15O9S2. The molecular weight excluding hydrogens is 1380 g/mol. The number of nitrogen functional groups attached to an aromatic ring is 1. The topological polar surface area (TPSA) is 328 Å². The molecule has 9 heterocycles. The fourth-order valence-electron chi connectivity index (χ4n) is 14.0. The number of ether oxygens (including phenoxy) is 1. The quantitative estimate of drug-likeness (QED) is 0.0779. The maximum Gasteiger partial charge on any atom is 0.211 e. The Hall–Kier alpha value is -6.53. The molecule has 5 aromatic carbocycles. The first-order chi connectivity index (χ1) is 45.3. The summed E-state index contributed by atoms with van der Waals surface area (Å²) in [5, 5.41) is 52.5. The Balaban J connectivity index is 0.000000123. The molecule has 9 N–H and O–H groups in total. The average Bonchev–Trinajstić information content (AvgIpc) is 1.26. The van der Waals surface area contributed by atoms with Crippen molar-refractivity contribution in [2.45, 2.75) is 108 Å². The number of rotatable bonds is 7. The largest absolute Gasteiger partial charge is 0.385 e. The Bertz CT molecular complexity index is 4640. The van der Waals surface area contributed by atoms with E-state index in [4.69, 9.17) is 78.7 Å². The molecule has 0 radical (unpaired) electrons. The number of Topliss-reactive ketones (excluding diaryl/α,β-unsaturated/α-hetero) is 1. The van der Waals surface area contributed by atoms with Crippen molar-refractivity contribution in [3.8, 4) is 0 Å². The van der Waals surface area contributed by atoms with Crippen LogP contribution < -0.4 is 26.2 Å². The lowest BCUT2D eigenvalue weighted by Crippen LogP contribution is -2.61. The molecule has 0 atom stereocenters. The molecule has 5 fully saturated rings. The summed E-state index contributed by atoms with van der Waals surface area (Å²) < 4.78 is 61.6. The Labute approximate surface area is 581 Å². The van der Waals surface area contributed by atoms with E-state index < -0.39 is 42.3 Å². The van der Waals surface area contributed by atoms with Gasteiger partial charge in [0, 0.05) is 153 Å². The van der Waals surface area contributed by atoms with Crippen LogP contribution in [0.4, 0.5) is 22.9 Å². The van der Waals surface area contributed by atoms with Crippen molar-refractivity contribution in [1.29, 1.82) is 0 Å². The van der Waals surface area contributed by atoms with Gasteiger partial charge in [0.05, 0.1) is 83.0 Å². The number of halogens is 5. The Morgan fingerprint density at radius 2 is 1.02 bits per heavy atom. The van der Waals surface area contributed by atoms with Crippen molar-refractivity contribution in [1.82, 2.24) is 44.4 Å². The highest BCUT2D eigenvalue weighted by Gasteiger charge is 2.42. The van der Waals surface area contributed by atoms with Gasteiger partial charge in [-0.15, -0.1) is 0 Å². The highest BCUT2D eigenvalue weighted by Crippen LogP contribution is 2.44. The molecule has 0 bridgehead atoms. The van der Waals surface area contributed by atoms with Gasteiger partial charge in [-0.25, -0.2) is 16.8 Å². The molecule has 514 valence electrons. The number of piperazine rings is 2. The van der Waals surface area contributed by atoms with E-state index in [1.54, 1.807) is 35.0 Å². The van der Waals surface area contributed by atoms with E-state index in [2.05, 4.69) is 55.4 Å². The van der Waals surface area contributed by atoms with E-state index >= 15 is 0 Å². The number of hydrogen-bond acceptors (Lipinski definition) is 19. The molecule has 6 aliphatic rings. The Morgan fingerprint density at radius 1 is 0.552 bits per heavy atom. The van der Waals surface area contributed by atoms with Crippen LogP contribution in [0.15, 0.2) is 88.8 Å². The van der Waals surface area contributed by atoms with Crippen LogP contribution in [0.2, 0.25) is 25.1 Å². The lowest BCUT2D eigenvalue weighted by atomic mass is 9.85. The van der Waals surface area contributed by atoms with Gasteiger partial charge in [0.25, 0.3) is 0 Å². The number of carbonyl (C=O) groups excluding carboxylic acids is 1. The van der Waals surface area contributed by atoms with Crippen LogP contribution >= 0.6 is 58.0 Å². The van der Waals surface area contributed by atoms with Gasteiger partial charge in [0.2, 0.25) is 20.0 Å². The molecule has 0 unspecified atom stereocenters. The van der Waals surface area contributed by atoms with Gasteiger partial charge in [-0.05, 0) is 119 Å². The molecule has 24 nitrogen and oxygen atoms in total. The monoisotopic (exact) mass is 1450 g/mol. The van der Waals surface area contributed by atoms with E-state index in [-0.39, 0.29) is 11.6 Å². The number of aliphatic hydroxyl groups is 2. The van der Waals surface area contributed by atoms with Crippen molar-refractivity contribution in [3.05, 3.63) is 127 Å². The van der Waals surface area contributed by atoms with E-state index in [1.807, 2.05) is 76.2 Å². The van der Waals surface area contributed by atoms with Crippen LogP contribution in [-0.2, 0) is 47.3 Å². The van der Waals surface area contributed by atoms with Crippen LogP contribution in [0.5, 0.6) is 0 Å². The van der Waals surface area contributed by atoms with Gasteiger partial charge < -0.3 is 45.6 Å². The number of hydrogen-bond donors (Lipinski definition) is 7. The molecule has 9 aromatic rings.